The minimum Gasteiger partial charge on any atom is -0.388 e. The third-order valence-electron chi connectivity index (χ3n) is 3.33. The second-order valence-corrected chi connectivity index (χ2v) is 4.79. The number of rotatable bonds is 3. The van der Waals surface area contributed by atoms with E-state index in [2.05, 4.69) is 10.6 Å². The van der Waals surface area contributed by atoms with Crippen LogP contribution in [-0.4, -0.2) is 30.3 Å². The van der Waals surface area contributed by atoms with Gasteiger partial charge >= 0.3 is 0 Å². The minimum atomic E-state index is -0.674. The molecular weight excluding hydrogens is 219 g/mol. The number of benzene rings is 1. The molecule has 0 unspecified atom stereocenters. The van der Waals surface area contributed by atoms with E-state index < -0.39 is 5.60 Å². The highest BCUT2D eigenvalue weighted by Crippen LogP contribution is 2.20. The molecule has 1 fully saturated rings. The maximum Gasteiger partial charge on any atom is 0.128 e. The molecular formula is C13H19FN2O. The molecule has 0 saturated carbocycles. The van der Waals surface area contributed by atoms with Crippen molar-refractivity contribution in [2.24, 2.45) is 0 Å². The molecule has 1 aliphatic rings. The van der Waals surface area contributed by atoms with Gasteiger partial charge in [-0.15, -0.1) is 0 Å². The quantitative estimate of drug-likeness (QED) is 0.750. The Balaban J connectivity index is 1.94. The highest BCUT2D eigenvalue weighted by Gasteiger charge is 2.28. The van der Waals surface area contributed by atoms with Crippen LogP contribution < -0.4 is 10.6 Å². The normalized spacial score (nSPS) is 19.0. The van der Waals surface area contributed by atoms with Crippen LogP contribution in [0.5, 0.6) is 0 Å². The standard InChI is InChI=1S/C13H19FN2O/c1-10-2-3-11(8-12(10)14)16-9-13(17)4-6-15-7-5-13/h2-3,8,15-17H,4-7,9H2,1H3. The van der Waals surface area contributed by atoms with Crippen LogP contribution in [0, 0.1) is 12.7 Å². The van der Waals surface area contributed by atoms with Gasteiger partial charge in [0.15, 0.2) is 0 Å². The number of halogens is 1. The summed E-state index contributed by atoms with van der Waals surface area (Å²) in [5, 5.41) is 16.6. The summed E-state index contributed by atoms with van der Waals surface area (Å²) in [5.41, 5.74) is 0.684. The molecule has 0 aromatic heterocycles. The van der Waals surface area contributed by atoms with Gasteiger partial charge in [-0.1, -0.05) is 6.07 Å². The van der Waals surface area contributed by atoms with E-state index >= 15 is 0 Å². The maximum absolute atomic E-state index is 13.3. The fourth-order valence-corrected chi connectivity index (χ4v) is 2.04. The first-order valence-electron chi connectivity index (χ1n) is 6.02. The molecule has 0 aliphatic carbocycles. The van der Waals surface area contributed by atoms with Gasteiger partial charge in [-0.3, -0.25) is 0 Å². The van der Waals surface area contributed by atoms with Gasteiger partial charge in [-0.05, 0) is 50.6 Å². The first-order valence-corrected chi connectivity index (χ1v) is 6.02. The first kappa shape index (κ1) is 12.3. The molecule has 1 aromatic carbocycles. The topological polar surface area (TPSA) is 44.3 Å². The molecule has 4 heteroatoms. The summed E-state index contributed by atoms with van der Waals surface area (Å²) >= 11 is 0. The van der Waals surface area contributed by atoms with E-state index in [9.17, 15) is 9.50 Å². The third kappa shape index (κ3) is 3.17. The van der Waals surface area contributed by atoms with Crippen molar-refractivity contribution in [2.45, 2.75) is 25.4 Å². The summed E-state index contributed by atoms with van der Waals surface area (Å²) in [6.07, 6.45) is 1.46. The molecule has 3 nitrogen and oxygen atoms in total. The Morgan fingerprint density at radius 1 is 1.41 bits per heavy atom. The van der Waals surface area contributed by atoms with Gasteiger partial charge in [0.25, 0.3) is 0 Å². The van der Waals surface area contributed by atoms with Gasteiger partial charge in [0, 0.05) is 12.2 Å². The van der Waals surface area contributed by atoms with Gasteiger partial charge in [0.2, 0.25) is 0 Å². The summed E-state index contributed by atoms with van der Waals surface area (Å²) in [5.74, 6) is -0.215. The SMILES string of the molecule is Cc1ccc(NCC2(O)CCNCC2)cc1F. The molecule has 0 amide bonds. The zero-order valence-electron chi connectivity index (χ0n) is 10.1. The molecule has 1 aromatic rings. The van der Waals surface area contributed by atoms with Crippen LogP contribution in [0.25, 0.3) is 0 Å². The summed E-state index contributed by atoms with van der Waals surface area (Å²) in [6, 6.07) is 5.05. The molecule has 1 aliphatic heterocycles. The van der Waals surface area contributed by atoms with Crippen molar-refractivity contribution in [3.8, 4) is 0 Å². The Bertz CT molecular complexity index is 389. The zero-order chi connectivity index (χ0) is 12.3. The molecule has 0 spiro atoms. The predicted octanol–water partition coefficient (Wildman–Crippen LogP) is 1.66. The van der Waals surface area contributed by atoms with Crippen LogP contribution in [0.2, 0.25) is 0 Å². The van der Waals surface area contributed by atoms with Gasteiger partial charge in [-0.2, -0.15) is 0 Å². The van der Waals surface area contributed by atoms with Crippen LogP contribution in [0.1, 0.15) is 18.4 Å². The van der Waals surface area contributed by atoms with Crippen molar-refractivity contribution in [3.63, 3.8) is 0 Å². The Morgan fingerprint density at radius 2 is 2.12 bits per heavy atom. The molecule has 17 heavy (non-hydrogen) atoms. The molecule has 0 radical (unpaired) electrons. The lowest BCUT2D eigenvalue weighted by Gasteiger charge is -2.33. The fraction of sp³-hybridized carbons (Fsp3) is 0.538. The fourth-order valence-electron chi connectivity index (χ4n) is 2.04. The van der Waals surface area contributed by atoms with Crippen LogP contribution in [0.3, 0.4) is 0 Å². The summed E-state index contributed by atoms with van der Waals surface area (Å²) in [6.45, 7) is 3.87. The summed E-state index contributed by atoms with van der Waals surface area (Å²) in [7, 11) is 0. The highest BCUT2D eigenvalue weighted by atomic mass is 19.1. The van der Waals surface area contributed by atoms with Gasteiger partial charge in [-0.25, -0.2) is 4.39 Å². The van der Waals surface area contributed by atoms with Crippen molar-refractivity contribution in [1.82, 2.24) is 5.32 Å². The second kappa shape index (κ2) is 5.02. The van der Waals surface area contributed by atoms with Crippen LogP contribution in [-0.2, 0) is 0 Å². The van der Waals surface area contributed by atoms with Crippen LogP contribution in [0.4, 0.5) is 10.1 Å². The lowest BCUT2D eigenvalue weighted by Crippen LogP contribution is -2.46. The first-order chi connectivity index (χ1) is 8.09. The smallest absolute Gasteiger partial charge is 0.128 e. The Hall–Kier alpha value is -1.13. The molecule has 2 rings (SSSR count). The lowest BCUT2D eigenvalue weighted by atomic mass is 9.92. The van der Waals surface area contributed by atoms with Crippen molar-refractivity contribution >= 4 is 5.69 Å². The summed E-state index contributed by atoms with van der Waals surface area (Å²) in [4.78, 5) is 0. The Kier molecular flexibility index (Phi) is 3.64. The van der Waals surface area contributed by atoms with Crippen LogP contribution in [0.15, 0.2) is 18.2 Å². The molecule has 1 heterocycles. The predicted molar refractivity (Wildman–Crippen MR) is 66.7 cm³/mol. The molecule has 0 bridgehead atoms. The number of piperidine rings is 1. The Morgan fingerprint density at radius 3 is 2.76 bits per heavy atom. The average Bonchev–Trinajstić information content (AvgIpc) is 2.32. The third-order valence-corrected chi connectivity index (χ3v) is 3.33. The number of nitrogens with one attached hydrogen (secondary N) is 2. The average molecular weight is 238 g/mol. The maximum atomic E-state index is 13.3. The van der Waals surface area contributed by atoms with E-state index in [0.717, 1.165) is 31.6 Å². The summed E-state index contributed by atoms with van der Waals surface area (Å²) < 4.78 is 13.3. The van der Waals surface area contributed by atoms with E-state index in [1.54, 1.807) is 13.0 Å². The molecule has 3 N–H and O–H groups in total. The van der Waals surface area contributed by atoms with E-state index in [1.165, 1.54) is 6.07 Å². The zero-order valence-corrected chi connectivity index (χ0v) is 10.1. The monoisotopic (exact) mass is 238 g/mol. The van der Waals surface area contributed by atoms with Gasteiger partial charge in [0.1, 0.15) is 5.82 Å². The second-order valence-electron chi connectivity index (χ2n) is 4.79. The van der Waals surface area contributed by atoms with Crippen molar-refractivity contribution in [1.29, 1.82) is 0 Å². The number of aryl methyl sites for hydroxylation is 1. The molecule has 0 atom stereocenters. The Labute approximate surface area is 101 Å². The largest absolute Gasteiger partial charge is 0.388 e. The van der Waals surface area contributed by atoms with E-state index in [0.29, 0.717) is 12.1 Å². The van der Waals surface area contributed by atoms with E-state index in [1.807, 2.05) is 6.07 Å². The number of anilines is 1. The van der Waals surface area contributed by atoms with Crippen molar-refractivity contribution in [3.05, 3.63) is 29.6 Å². The van der Waals surface area contributed by atoms with E-state index in [4.69, 9.17) is 0 Å². The van der Waals surface area contributed by atoms with E-state index in [-0.39, 0.29) is 5.82 Å². The lowest BCUT2D eigenvalue weighted by molar-refractivity contribution is 0.0232. The number of hydrogen-bond acceptors (Lipinski definition) is 3. The number of aliphatic hydroxyl groups is 1. The van der Waals surface area contributed by atoms with Gasteiger partial charge in [0.05, 0.1) is 5.60 Å². The van der Waals surface area contributed by atoms with Gasteiger partial charge < -0.3 is 15.7 Å². The van der Waals surface area contributed by atoms with Crippen molar-refractivity contribution < 1.29 is 9.50 Å². The molecule has 1 saturated heterocycles. The minimum absolute atomic E-state index is 0.215. The van der Waals surface area contributed by atoms with Crippen LogP contribution >= 0.6 is 0 Å². The molecule has 94 valence electrons. The van der Waals surface area contributed by atoms with Crippen molar-refractivity contribution in [2.75, 3.05) is 25.0 Å². The highest BCUT2D eigenvalue weighted by molar-refractivity contribution is 5.45. The number of hydrogen-bond donors (Lipinski definition) is 3.